The first-order valence-electron chi connectivity index (χ1n) is 5.49. The summed E-state index contributed by atoms with van der Waals surface area (Å²) in [6, 6.07) is 4.30. The van der Waals surface area contributed by atoms with Gasteiger partial charge in [-0.2, -0.15) is 11.8 Å². The molecule has 1 aromatic carbocycles. The Kier molecular flexibility index (Phi) is 5.16. The minimum atomic E-state index is 0.0710. The van der Waals surface area contributed by atoms with E-state index in [1.165, 1.54) is 11.1 Å². The number of nitrogens with two attached hydrogens (primary N) is 1. The van der Waals surface area contributed by atoms with Gasteiger partial charge < -0.3 is 10.5 Å². The summed E-state index contributed by atoms with van der Waals surface area (Å²) in [5.41, 5.74) is 9.83. The second-order valence-electron chi connectivity index (χ2n) is 4.07. The molecule has 1 atom stereocenters. The lowest BCUT2D eigenvalue weighted by atomic mass is 9.99. The fourth-order valence-corrected chi connectivity index (χ4v) is 2.17. The predicted molar refractivity (Wildman–Crippen MR) is 72.4 cm³/mol. The highest BCUT2D eigenvalue weighted by Gasteiger charge is 2.13. The Hall–Kier alpha value is -0.670. The molecule has 0 aliphatic heterocycles. The summed E-state index contributed by atoms with van der Waals surface area (Å²) < 4.78 is 5.40. The SMILES string of the molecule is COc1cc(C)c(C)cc1C(N)CCSC. The Bertz CT molecular complexity index is 352. The summed E-state index contributed by atoms with van der Waals surface area (Å²) in [7, 11) is 1.70. The Morgan fingerprint density at radius 3 is 2.50 bits per heavy atom. The summed E-state index contributed by atoms with van der Waals surface area (Å²) in [5.74, 6) is 1.99. The maximum atomic E-state index is 6.18. The summed E-state index contributed by atoms with van der Waals surface area (Å²) in [6.07, 6.45) is 3.09. The predicted octanol–water partition coefficient (Wildman–Crippen LogP) is 3.06. The van der Waals surface area contributed by atoms with Crippen molar-refractivity contribution in [3.63, 3.8) is 0 Å². The minimum Gasteiger partial charge on any atom is -0.496 e. The third-order valence-corrected chi connectivity index (χ3v) is 3.52. The van der Waals surface area contributed by atoms with Crippen LogP contribution in [0.3, 0.4) is 0 Å². The van der Waals surface area contributed by atoms with E-state index in [-0.39, 0.29) is 6.04 Å². The van der Waals surface area contributed by atoms with Crippen molar-refractivity contribution in [2.45, 2.75) is 26.3 Å². The second-order valence-corrected chi connectivity index (χ2v) is 5.05. The van der Waals surface area contributed by atoms with Gasteiger partial charge in [0.05, 0.1) is 7.11 Å². The molecule has 1 aromatic rings. The van der Waals surface area contributed by atoms with Crippen LogP contribution in [0.1, 0.15) is 29.2 Å². The summed E-state index contributed by atoms with van der Waals surface area (Å²) in [4.78, 5) is 0. The number of benzene rings is 1. The fourth-order valence-electron chi connectivity index (χ4n) is 1.68. The van der Waals surface area contributed by atoms with Crippen molar-refractivity contribution in [1.82, 2.24) is 0 Å². The first-order chi connectivity index (χ1) is 7.60. The average molecular weight is 239 g/mol. The molecule has 0 aliphatic carbocycles. The standard InChI is InChI=1S/C13H21NOS/c1-9-7-11(12(14)5-6-16-4)13(15-3)8-10(9)2/h7-8,12H,5-6,14H2,1-4H3. The van der Waals surface area contributed by atoms with Crippen LogP contribution in [-0.2, 0) is 0 Å². The molecule has 0 saturated carbocycles. The van der Waals surface area contributed by atoms with E-state index in [1.807, 2.05) is 11.8 Å². The zero-order chi connectivity index (χ0) is 12.1. The molecule has 0 spiro atoms. The highest BCUT2D eigenvalue weighted by atomic mass is 32.2. The van der Waals surface area contributed by atoms with Crippen molar-refractivity contribution in [3.05, 3.63) is 28.8 Å². The Labute approximate surface area is 103 Å². The van der Waals surface area contributed by atoms with Crippen LogP contribution < -0.4 is 10.5 Å². The van der Waals surface area contributed by atoms with E-state index < -0.39 is 0 Å². The van der Waals surface area contributed by atoms with Crippen LogP contribution in [0.25, 0.3) is 0 Å². The summed E-state index contributed by atoms with van der Waals surface area (Å²) >= 11 is 1.82. The maximum absolute atomic E-state index is 6.18. The molecule has 3 heteroatoms. The zero-order valence-corrected chi connectivity index (χ0v) is 11.4. The molecule has 1 unspecified atom stereocenters. The lowest BCUT2D eigenvalue weighted by Gasteiger charge is -2.17. The minimum absolute atomic E-state index is 0.0710. The molecule has 90 valence electrons. The summed E-state index contributed by atoms with van der Waals surface area (Å²) in [6.45, 7) is 4.20. The van der Waals surface area contributed by atoms with E-state index in [9.17, 15) is 0 Å². The molecule has 0 bridgehead atoms. The topological polar surface area (TPSA) is 35.2 Å². The largest absolute Gasteiger partial charge is 0.496 e. The van der Waals surface area contributed by atoms with E-state index in [0.29, 0.717) is 0 Å². The van der Waals surface area contributed by atoms with Gasteiger partial charge in [0.25, 0.3) is 0 Å². The molecule has 2 nitrogen and oxygen atoms in total. The molecule has 0 heterocycles. The van der Waals surface area contributed by atoms with Gasteiger partial charge in [-0.3, -0.25) is 0 Å². The number of hydrogen-bond acceptors (Lipinski definition) is 3. The Morgan fingerprint density at radius 1 is 1.31 bits per heavy atom. The van der Waals surface area contributed by atoms with Gasteiger partial charge >= 0.3 is 0 Å². The van der Waals surface area contributed by atoms with Crippen molar-refractivity contribution in [2.24, 2.45) is 5.73 Å². The number of methoxy groups -OCH3 is 1. The van der Waals surface area contributed by atoms with E-state index in [4.69, 9.17) is 10.5 Å². The van der Waals surface area contributed by atoms with E-state index in [2.05, 4.69) is 32.2 Å². The molecule has 2 N–H and O–H groups in total. The van der Waals surface area contributed by atoms with E-state index in [1.54, 1.807) is 7.11 Å². The molecular formula is C13H21NOS. The van der Waals surface area contributed by atoms with Crippen LogP contribution in [0.2, 0.25) is 0 Å². The second kappa shape index (κ2) is 6.16. The smallest absolute Gasteiger partial charge is 0.123 e. The van der Waals surface area contributed by atoms with Crippen molar-refractivity contribution in [1.29, 1.82) is 0 Å². The number of aryl methyl sites for hydroxylation is 2. The van der Waals surface area contributed by atoms with Gasteiger partial charge in [0.2, 0.25) is 0 Å². The van der Waals surface area contributed by atoms with Crippen LogP contribution in [0.4, 0.5) is 0 Å². The fraction of sp³-hybridized carbons (Fsp3) is 0.538. The highest BCUT2D eigenvalue weighted by Crippen LogP contribution is 2.29. The molecule has 0 fully saturated rings. The van der Waals surface area contributed by atoms with Gasteiger partial charge in [-0.25, -0.2) is 0 Å². The first kappa shape index (κ1) is 13.4. The lowest BCUT2D eigenvalue weighted by Crippen LogP contribution is -2.13. The molecule has 0 amide bonds. The third kappa shape index (κ3) is 3.16. The van der Waals surface area contributed by atoms with Crippen molar-refractivity contribution >= 4 is 11.8 Å². The maximum Gasteiger partial charge on any atom is 0.123 e. The van der Waals surface area contributed by atoms with Gasteiger partial charge in [0, 0.05) is 11.6 Å². The Balaban J connectivity index is 2.96. The monoisotopic (exact) mass is 239 g/mol. The lowest BCUT2D eigenvalue weighted by molar-refractivity contribution is 0.404. The van der Waals surface area contributed by atoms with E-state index >= 15 is 0 Å². The molecule has 0 radical (unpaired) electrons. The zero-order valence-electron chi connectivity index (χ0n) is 10.5. The first-order valence-corrected chi connectivity index (χ1v) is 6.89. The van der Waals surface area contributed by atoms with Gasteiger partial charge in [0.15, 0.2) is 0 Å². The van der Waals surface area contributed by atoms with Crippen LogP contribution in [0.5, 0.6) is 5.75 Å². The van der Waals surface area contributed by atoms with E-state index in [0.717, 1.165) is 23.5 Å². The quantitative estimate of drug-likeness (QED) is 0.857. The number of ether oxygens (including phenoxy) is 1. The number of hydrogen-bond donors (Lipinski definition) is 1. The number of thioether (sulfide) groups is 1. The molecule has 0 saturated heterocycles. The van der Waals surface area contributed by atoms with Crippen LogP contribution in [-0.4, -0.2) is 19.1 Å². The summed E-state index contributed by atoms with van der Waals surface area (Å²) in [5, 5.41) is 0. The third-order valence-electron chi connectivity index (χ3n) is 2.88. The molecule has 16 heavy (non-hydrogen) atoms. The highest BCUT2D eigenvalue weighted by molar-refractivity contribution is 7.98. The molecule has 0 aromatic heterocycles. The molecule has 0 aliphatic rings. The van der Waals surface area contributed by atoms with Gasteiger partial charge in [0.1, 0.15) is 5.75 Å². The number of rotatable bonds is 5. The Morgan fingerprint density at radius 2 is 1.94 bits per heavy atom. The van der Waals surface area contributed by atoms with Crippen LogP contribution >= 0.6 is 11.8 Å². The van der Waals surface area contributed by atoms with Gasteiger partial charge in [-0.05, 0) is 49.5 Å². The normalized spacial score (nSPS) is 12.6. The molecule has 1 rings (SSSR count). The van der Waals surface area contributed by atoms with Crippen molar-refractivity contribution in [3.8, 4) is 5.75 Å². The van der Waals surface area contributed by atoms with Crippen LogP contribution in [0, 0.1) is 13.8 Å². The average Bonchev–Trinajstić information content (AvgIpc) is 2.28. The van der Waals surface area contributed by atoms with Crippen LogP contribution in [0.15, 0.2) is 12.1 Å². The molecular weight excluding hydrogens is 218 g/mol. The van der Waals surface area contributed by atoms with Gasteiger partial charge in [-0.1, -0.05) is 6.07 Å². The van der Waals surface area contributed by atoms with Gasteiger partial charge in [-0.15, -0.1) is 0 Å². The van der Waals surface area contributed by atoms with Crippen molar-refractivity contribution in [2.75, 3.05) is 19.1 Å². The van der Waals surface area contributed by atoms with Crippen molar-refractivity contribution < 1.29 is 4.74 Å².